The fourth-order valence-electron chi connectivity index (χ4n) is 2.14. The van der Waals surface area contributed by atoms with Gasteiger partial charge in [-0.3, -0.25) is 9.69 Å². The first kappa shape index (κ1) is 13.5. The van der Waals surface area contributed by atoms with Crippen molar-refractivity contribution in [3.05, 3.63) is 0 Å². The van der Waals surface area contributed by atoms with E-state index in [1.807, 2.05) is 4.90 Å². The minimum absolute atomic E-state index is 0.191. The molecule has 94 valence electrons. The summed E-state index contributed by atoms with van der Waals surface area (Å²) < 4.78 is 5.45. The van der Waals surface area contributed by atoms with Crippen molar-refractivity contribution in [3.63, 3.8) is 0 Å². The van der Waals surface area contributed by atoms with E-state index in [0.29, 0.717) is 6.10 Å². The van der Waals surface area contributed by atoms with Crippen LogP contribution >= 0.6 is 0 Å². The Bertz CT molecular complexity index is 213. The molecule has 0 aromatic rings. The summed E-state index contributed by atoms with van der Waals surface area (Å²) >= 11 is 0. The molecule has 0 saturated carbocycles. The maximum absolute atomic E-state index is 11.2. The molecule has 1 fully saturated rings. The molecule has 0 spiro atoms. The van der Waals surface area contributed by atoms with E-state index in [1.165, 1.54) is 0 Å². The highest BCUT2D eigenvalue weighted by Gasteiger charge is 2.20. The van der Waals surface area contributed by atoms with E-state index in [-0.39, 0.29) is 5.91 Å². The van der Waals surface area contributed by atoms with Crippen molar-refractivity contribution < 1.29 is 9.53 Å². The Morgan fingerprint density at radius 2 is 1.94 bits per heavy atom. The van der Waals surface area contributed by atoms with Crippen LogP contribution in [0.3, 0.4) is 0 Å². The lowest BCUT2D eigenvalue weighted by atomic mass is 10.2. The minimum Gasteiger partial charge on any atom is -0.380 e. The molecule has 0 aliphatic carbocycles. The molecule has 0 aromatic carbocycles. The second-order valence-corrected chi connectivity index (χ2v) is 4.45. The van der Waals surface area contributed by atoms with Gasteiger partial charge in [0.1, 0.15) is 0 Å². The third-order valence-electron chi connectivity index (χ3n) is 3.22. The maximum Gasteiger partial charge on any atom is 0.219 e. The summed E-state index contributed by atoms with van der Waals surface area (Å²) in [6.07, 6.45) is 2.61. The van der Waals surface area contributed by atoms with Crippen LogP contribution < -0.4 is 0 Å². The van der Waals surface area contributed by atoms with Gasteiger partial charge in [-0.05, 0) is 6.42 Å². The molecule has 1 amide bonds. The average molecular weight is 228 g/mol. The summed E-state index contributed by atoms with van der Waals surface area (Å²) in [4.78, 5) is 15.5. The van der Waals surface area contributed by atoms with E-state index in [4.69, 9.17) is 4.74 Å². The van der Waals surface area contributed by atoms with E-state index < -0.39 is 0 Å². The van der Waals surface area contributed by atoms with Gasteiger partial charge in [-0.2, -0.15) is 0 Å². The molecule has 4 nitrogen and oxygen atoms in total. The van der Waals surface area contributed by atoms with Gasteiger partial charge in [-0.25, -0.2) is 0 Å². The van der Waals surface area contributed by atoms with Crippen LogP contribution in [0.25, 0.3) is 0 Å². The summed E-state index contributed by atoms with van der Waals surface area (Å²) in [6, 6.07) is 0. The Morgan fingerprint density at radius 1 is 1.31 bits per heavy atom. The second kappa shape index (κ2) is 6.86. The van der Waals surface area contributed by atoms with Crippen molar-refractivity contribution in [1.82, 2.24) is 9.80 Å². The molecule has 1 unspecified atom stereocenters. The Morgan fingerprint density at radius 3 is 2.38 bits per heavy atom. The molecular weight excluding hydrogens is 204 g/mol. The predicted molar refractivity (Wildman–Crippen MR) is 64.4 cm³/mol. The first-order valence-electron chi connectivity index (χ1n) is 6.18. The zero-order valence-corrected chi connectivity index (χ0v) is 10.7. The zero-order valence-electron chi connectivity index (χ0n) is 10.7. The predicted octanol–water partition coefficient (Wildman–Crippen LogP) is 0.966. The molecule has 1 aliphatic heterocycles. The second-order valence-electron chi connectivity index (χ2n) is 4.45. The van der Waals surface area contributed by atoms with Crippen molar-refractivity contribution in [2.24, 2.45) is 0 Å². The standard InChI is InChI=1S/C12H24N2O2/c1-4-5-12(16-3)10-13-6-8-14(9-7-13)11(2)15/h12H,4-10H2,1-3H3. The summed E-state index contributed by atoms with van der Waals surface area (Å²) in [6.45, 7) is 8.49. The highest BCUT2D eigenvalue weighted by atomic mass is 16.5. The van der Waals surface area contributed by atoms with Gasteiger partial charge in [0, 0.05) is 46.8 Å². The largest absolute Gasteiger partial charge is 0.380 e. The van der Waals surface area contributed by atoms with E-state index in [1.54, 1.807) is 14.0 Å². The van der Waals surface area contributed by atoms with Gasteiger partial charge in [-0.15, -0.1) is 0 Å². The van der Waals surface area contributed by atoms with Crippen LogP contribution in [0, 0.1) is 0 Å². The molecule has 16 heavy (non-hydrogen) atoms. The van der Waals surface area contributed by atoms with E-state index >= 15 is 0 Å². The lowest BCUT2D eigenvalue weighted by Gasteiger charge is -2.35. The quantitative estimate of drug-likeness (QED) is 0.703. The molecule has 1 aliphatic rings. The lowest BCUT2D eigenvalue weighted by molar-refractivity contribution is -0.130. The number of nitrogens with zero attached hydrogens (tertiary/aromatic N) is 2. The Hall–Kier alpha value is -0.610. The van der Waals surface area contributed by atoms with Gasteiger partial charge in [0.05, 0.1) is 6.10 Å². The van der Waals surface area contributed by atoms with E-state index in [9.17, 15) is 4.79 Å². The number of carbonyl (C=O) groups is 1. The summed E-state index contributed by atoms with van der Waals surface area (Å²) in [7, 11) is 1.78. The van der Waals surface area contributed by atoms with Crippen LogP contribution in [-0.2, 0) is 9.53 Å². The number of carbonyl (C=O) groups excluding carboxylic acids is 1. The lowest BCUT2D eigenvalue weighted by Crippen LogP contribution is -2.50. The van der Waals surface area contributed by atoms with Gasteiger partial charge in [-0.1, -0.05) is 13.3 Å². The van der Waals surface area contributed by atoms with Crippen LogP contribution in [0.5, 0.6) is 0 Å². The highest BCUT2D eigenvalue weighted by Crippen LogP contribution is 2.07. The highest BCUT2D eigenvalue weighted by molar-refractivity contribution is 5.73. The smallest absolute Gasteiger partial charge is 0.219 e. The molecule has 0 aromatic heterocycles. The Labute approximate surface area is 98.5 Å². The fourth-order valence-corrected chi connectivity index (χ4v) is 2.14. The summed E-state index contributed by atoms with van der Waals surface area (Å²) in [5.41, 5.74) is 0. The molecule has 0 N–H and O–H groups in total. The molecule has 0 bridgehead atoms. The van der Waals surface area contributed by atoms with Gasteiger partial charge in [0.25, 0.3) is 0 Å². The van der Waals surface area contributed by atoms with Crippen LogP contribution in [0.15, 0.2) is 0 Å². The van der Waals surface area contributed by atoms with Gasteiger partial charge in [0.2, 0.25) is 5.91 Å². The van der Waals surface area contributed by atoms with Crippen LogP contribution in [0.2, 0.25) is 0 Å². The monoisotopic (exact) mass is 228 g/mol. The van der Waals surface area contributed by atoms with E-state index in [2.05, 4.69) is 11.8 Å². The number of ether oxygens (including phenoxy) is 1. The topological polar surface area (TPSA) is 32.8 Å². The van der Waals surface area contributed by atoms with Crippen LogP contribution in [-0.4, -0.2) is 61.6 Å². The number of methoxy groups -OCH3 is 1. The third-order valence-corrected chi connectivity index (χ3v) is 3.22. The molecule has 4 heteroatoms. The minimum atomic E-state index is 0.191. The molecule has 0 radical (unpaired) electrons. The first-order valence-corrected chi connectivity index (χ1v) is 6.18. The van der Waals surface area contributed by atoms with Crippen molar-refractivity contribution >= 4 is 5.91 Å². The zero-order chi connectivity index (χ0) is 12.0. The van der Waals surface area contributed by atoms with Crippen molar-refractivity contribution in [2.45, 2.75) is 32.8 Å². The van der Waals surface area contributed by atoms with Crippen molar-refractivity contribution in [2.75, 3.05) is 39.8 Å². The SMILES string of the molecule is CCCC(CN1CCN(C(C)=O)CC1)OC. The van der Waals surface area contributed by atoms with Crippen LogP contribution in [0.4, 0.5) is 0 Å². The number of rotatable bonds is 5. The van der Waals surface area contributed by atoms with Gasteiger partial charge in [0.15, 0.2) is 0 Å². The summed E-state index contributed by atoms with van der Waals surface area (Å²) in [5, 5.41) is 0. The molecule has 1 saturated heterocycles. The number of piperazine rings is 1. The number of hydrogen-bond acceptors (Lipinski definition) is 3. The van der Waals surface area contributed by atoms with Gasteiger partial charge >= 0.3 is 0 Å². The first-order chi connectivity index (χ1) is 7.67. The molecule has 1 atom stereocenters. The normalized spacial score (nSPS) is 19.8. The average Bonchev–Trinajstić information content (AvgIpc) is 2.29. The number of amides is 1. The Balaban J connectivity index is 2.28. The van der Waals surface area contributed by atoms with Gasteiger partial charge < -0.3 is 9.64 Å². The van der Waals surface area contributed by atoms with E-state index in [0.717, 1.165) is 45.6 Å². The van der Waals surface area contributed by atoms with Crippen molar-refractivity contribution in [3.8, 4) is 0 Å². The molecule has 1 rings (SSSR count). The molecule has 1 heterocycles. The Kier molecular flexibility index (Phi) is 5.77. The van der Waals surface area contributed by atoms with Crippen LogP contribution in [0.1, 0.15) is 26.7 Å². The summed E-state index contributed by atoms with van der Waals surface area (Å²) in [5.74, 6) is 0.191. The fraction of sp³-hybridized carbons (Fsp3) is 0.917. The third kappa shape index (κ3) is 4.10. The number of hydrogen-bond donors (Lipinski definition) is 0. The molecular formula is C12H24N2O2. The van der Waals surface area contributed by atoms with Crippen molar-refractivity contribution in [1.29, 1.82) is 0 Å². The maximum atomic E-state index is 11.2.